The van der Waals surface area contributed by atoms with E-state index in [0.29, 0.717) is 19.0 Å². The van der Waals surface area contributed by atoms with Gasteiger partial charge in [0.25, 0.3) is 0 Å². The Hall–Kier alpha value is -1.88. The summed E-state index contributed by atoms with van der Waals surface area (Å²) >= 11 is 0. The second-order valence-corrected chi connectivity index (χ2v) is 8.23. The lowest BCUT2D eigenvalue weighted by Crippen LogP contribution is -2.48. The smallest absolute Gasteiger partial charge is 0.227 e. The zero-order valence-electron chi connectivity index (χ0n) is 16.9. The van der Waals surface area contributed by atoms with Crippen LogP contribution in [-0.2, 0) is 16.0 Å². The van der Waals surface area contributed by atoms with Gasteiger partial charge in [0.05, 0.1) is 5.92 Å². The Morgan fingerprint density at radius 2 is 1.85 bits per heavy atom. The third kappa shape index (κ3) is 4.89. The summed E-state index contributed by atoms with van der Waals surface area (Å²) in [6, 6.07) is 8.98. The number of rotatable bonds is 6. The fraction of sp³-hybridized carbons (Fsp3) is 0.636. The molecular formula is C22H33N3O2. The molecule has 148 valence electrons. The van der Waals surface area contributed by atoms with Gasteiger partial charge in [-0.2, -0.15) is 0 Å². The lowest BCUT2D eigenvalue weighted by molar-refractivity contribution is -0.127. The van der Waals surface area contributed by atoms with Gasteiger partial charge in [0.2, 0.25) is 11.8 Å². The average Bonchev–Trinajstić information content (AvgIpc) is 3.05. The van der Waals surface area contributed by atoms with Gasteiger partial charge in [-0.05, 0) is 50.8 Å². The molecule has 2 fully saturated rings. The zero-order chi connectivity index (χ0) is 19.4. The molecule has 2 aliphatic rings. The predicted octanol–water partition coefficient (Wildman–Crippen LogP) is 2.98. The summed E-state index contributed by atoms with van der Waals surface area (Å²) in [6.07, 6.45) is 4.46. The highest BCUT2D eigenvalue weighted by Gasteiger charge is 2.36. The molecular weight excluding hydrogens is 338 g/mol. The van der Waals surface area contributed by atoms with E-state index < -0.39 is 0 Å². The van der Waals surface area contributed by atoms with Crippen LogP contribution in [0.2, 0.25) is 0 Å². The molecule has 0 unspecified atom stereocenters. The summed E-state index contributed by atoms with van der Waals surface area (Å²) in [5.74, 6) is -0.152. The second-order valence-electron chi connectivity index (χ2n) is 8.23. The van der Waals surface area contributed by atoms with E-state index >= 15 is 0 Å². The molecule has 2 amide bonds. The average molecular weight is 372 g/mol. The summed E-state index contributed by atoms with van der Waals surface area (Å²) in [5, 5.41) is 3.19. The number of carbonyl (C=O) groups is 2. The number of benzene rings is 1. The Morgan fingerprint density at radius 1 is 1.19 bits per heavy atom. The van der Waals surface area contributed by atoms with Crippen LogP contribution in [0, 0.1) is 5.92 Å². The van der Waals surface area contributed by atoms with Crippen LogP contribution in [0.5, 0.6) is 0 Å². The Labute approximate surface area is 163 Å². The summed E-state index contributed by atoms with van der Waals surface area (Å²) in [6.45, 7) is 9.14. The number of amides is 2. The molecule has 0 aliphatic carbocycles. The molecule has 2 heterocycles. The van der Waals surface area contributed by atoms with Crippen molar-refractivity contribution in [1.29, 1.82) is 0 Å². The maximum atomic E-state index is 12.7. The molecule has 0 radical (unpaired) electrons. The van der Waals surface area contributed by atoms with Crippen LogP contribution < -0.4 is 10.2 Å². The van der Waals surface area contributed by atoms with Crippen LogP contribution in [0.15, 0.2) is 24.3 Å². The number of nitrogens with one attached hydrogen (secondary N) is 1. The fourth-order valence-electron chi connectivity index (χ4n) is 4.14. The Balaban J connectivity index is 1.53. The monoisotopic (exact) mass is 371 g/mol. The van der Waals surface area contributed by atoms with Gasteiger partial charge in [0, 0.05) is 43.8 Å². The molecule has 1 atom stereocenters. The minimum atomic E-state index is -0.240. The highest BCUT2D eigenvalue weighted by Crippen LogP contribution is 2.26. The first-order chi connectivity index (χ1) is 13.0. The van der Waals surface area contributed by atoms with E-state index in [1.807, 2.05) is 12.1 Å². The first-order valence-electron chi connectivity index (χ1n) is 10.4. The van der Waals surface area contributed by atoms with E-state index in [1.165, 1.54) is 5.56 Å². The number of hydrogen-bond acceptors (Lipinski definition) is 3. The molecule has 2 aliphatic heterocycles. The molecule has 0 saturated carbocycles. The molecule has 27 heavy (non-hydrogen) atoms. The van der Waals surface area contributed by atoms with E-state index in [1.54, 1.807) is 4.90 Å². The van der Waals surface area contributed by atoms with Crippen LogP contribution >= 0.6 is 0 Å². The number of aryl methyl sites for hydroxylation is 1. The first-order valence-corrected chi connectivity index (χ1v) is 10.4. The van der Waals surface area contributed by atoms with Gasteiger partial charge in [-0.1, -0.05) is 25.5 Å². The summed E-state index contributed by atoms with van der Waals surface area (Å²) in [7, 11) is 0. The number of hydrogen-bond donors (Lipinski definition) is 1. The van der Waals surface area contributed by atoms with Crippen LogP contribution in [0.25, 0.3) is 0 Å². The minimum absolute atomic E-state index is 0.0384. The second kappa shape index (κ2) is 8.87. The van der Waals surface area contributed by atoms with Crippen molar-refractivity contribution < 1.29 is 9.59 Å². The third-order valence-electron chi connectivity index (χ3n) is 5.89. The molecule has 2 saturated heterocycles. The van der Waals surface area contributed by atoms with Crippen LogP contribution in [0.1, 0.15) is 52.0 Å². The molecule has 5 nitrogen and oxygen atoms in total. The van der Waals surface area contributed by atoms with E-state index in [9.17, 15) is 9.59 Å². The molecule has 0 bridgehead atoms. The van der Waals surface area contributed by atoms with Crippen LogP contribution in [0.3, 0.4) is 0 Å². The summed E-state index contributed by atoms with van der Waals surface area (Å²) in [4.78, 5) is 29.4. The Kier molecular flexibility index (Phi) is 6.53. The fourth-order valence-corrected chi connectivity index (χ4v) is 4.14. The van der Waals surface area contributed by atoms with E-state index in [4.69, 9.17) is 0 Å². The highest BCUT2D eigenvalue weighted by atomic mass is 16.2. The van der Waals surface area contributed by atoms with Gasteiger partial charge in [-0.3, -0.25) is 9.59 Å². The minimum Gasteiger partial charge on any atom is -0.353 e. The Morgan fingerprint density at radius 3 is 2.44 bits per heavy atom. The van der Waals surface area contributed by atoms with Gasteiger partial charge >= 0.3 is 0 Å². The number of piperidine rings is 1. The van der Waals surface area contributed by atoms with Crippen molar-refractivity contribution in [3.05, 3.63) is 29.8 Å². The van der Waals surface area contributed by atoms with Crippen molar-refractivity contribution >= 4 is 17.5 Å². The number of nitrogens with zero attached hydrogens (tertiary/aromatic N) is 2. The van der Waals surface area contributed by atoms with Gasteiger partial charge in [-0.15, -0.1) is 0 Å². The molecule has 1 aromatic rings. The largest absolute Gasteiger partial charge is 0.353 e. The predicted molar refractivity (Wildman–Crippen MR) is 109 cm³/mol. The number of anilines is 1. The van der Waals surface area contributed by atoms with Crippen LogP contribution in [0.4, 0.5) is 5.69 Å². The molecule has 5 heteroatoms. The quantitative estimate of drug-likeness (QED) is 0.836. The van der Waals surface area contributed by atoms with Crippen molar-refractivity contribution in [2.24, 2.45) is 5.92 Å². The lowest BCUT2D eigenvalue weighted by Gasteiger charge is -2.35. The SMILES string of the molecule is CCCc1ccc(N2C[C@H](C(=O)NC3CCN(C(C)C)CC3)CC2=O)cc1. The highest BCUT2D eigenvalue weighted by molar-refractivity contribution is 6.00. The van der Waals surface area contributed by atoms with E-state index in [2.05, 4.69) is 43.1 Å². The molecule has 0 spiro atoms. The van der Waals surface area contributed by atoms with Gasteiger partial charge in [0.15, 0.2) is 0 Å². The third-order valence-corrected chi connectivity index (χ3v) is 5.89. The summed E-state index contributed by atoms with van der Waals surface area (Å²) in [5.41, 5.74) is 2.19. The first kappa shape index (κ1) is 19.9. The number of likely N-dealkylation sites (tertiary alicyclic amines) is 1. The summed E-state index contributed by atoms with van der Waals surface area (Å²) < 4.78 is 0. The van der Waals surface area contributed by atoms with Gasteiger partial charge in [0.1, 0.15) is 0 Å². The number of carbonyl (C=O) groups excluding carboxylic acids is 2. The van der Waals surface area contributed by atoms with Crippen molar-refractivity contribution in [2.75, 3.05) is 24.5 Å². The maximum absolute atomic E-state index is 12.7. The van der Waals surface area contributed by atoms with E-state index in [0.717, 1.165) is 44.5 Å². The zero-order valence-corrected chi connectivity index (χ0v) is 16.9. The molecule has 0 aromatic heterocycles. The van der Waals surface area contributed by atoms with Crippen LogP contribution in [-0.4, -0.2) is 48.4 Å². The molecule has 1 N–H and O–H groups in total. The van der Waals surface area contributed by atoms with Crippen molar-refractivity contribution in [2.45, 2.75) is 65.0 Å². The van der Waals surface area contributed by atoms with Gasteiger partial charge < -0.3 is 15.1 Å². The Bertz CT molecular complexity index is 648. The van der Waals surface area contributed by atoms with Crippen molar-refractivity contribution in [1.82, 2.24) is 10.2 Å². The lowest BCUT2D eigenvalue weighted by atomic mass is 10.0. The normalized spacial score (nSPS) is 21.9. The maximum Gasteiger partial charge on any atom is 0.227 e. The topological polar surface area (TPSA) is 52.7 Å². The van der Waals surface area contributed by atoms with Crippen molar-refractivity contribution in [3.63, 3.8) is 0 Å². The van der Waals surface area contributed by atoms with Crippen molar-refractivity contribution in [3.8, 4) is 0 Å². The standard InChI is InChI=1S/C22H33N3O2/c1-4-5-17-6-8-20(9-7-17)25-15-18(14-21(25)26)22(27)23-19-10-12-24(13-11-19)16(2)3/h6-9,16,18-19H,4-5,10-15H2,1-3H3,(H,23,27)/t18-/m1/s1. The molecule has 1 aromatic carbocycles. The molecule has 3 rings (SSSR count). The van der Waals surface area contributed by atoms with Gasteiger partial charge in [-0.25, -0.2) is 0 Å². The van der Waals surface area contributed by atoms with E-state index in [-0.39, 0.29) is 23.8 Å².